The van der Waals surface area contributed by atoms with Gasteiger partial charge >= 0.3 is 0 Å². The third-order valence-electron chi connectivity index (χ3n) is 6.76. The Hall–Kier alpha value is -3.03. The van der Waals surface area contributed by atoms with Crippen LogP contribution in [0.3, 0.4) is 0 Å². The summed E-state index contributed by atoms with van der Waals surface area (Å²) in [7, 11) is -3.93. The molecule has 1 unspecified atom stereocenters. The molecule has 0 radical (unpaired) electrons. The molecule has 1 N–H and O–H groups in total. The molecule has 1 fully saturated rings. The first-order valence-electron chi connectivity index (χ1n) is 11.1. The van der Waals surface area contributed by atoms with Gasteiger partial charge in [-0.25, -0.2) is 17.8 Å². The molecule has 2 heterocycles. The maximum atomic E-state index is 14.4. The summed E-state index contributed by atoms with van der Waals surface area (Å²) < 4.78 is 44.4. The van der Waals surface area contributed by atoms with Crippen LogP contribution in [0.15, 0.2) is 83.8 Å². The van der Waals surface area contributed by atoms with Crippen LogP contribution in [-0.2, 0) is 15.3 Å². The van der Waals surface area contributed by atoms with Crippen LogP contribution >= 0.6 is 0 Å². The van der Waals surface area contributed by atoms with Crippen molar-refractivity contribution in [2.24, 2.45) is 0 Å². The van der Waals surface area contributed by atoms with E-state index in [-0.39, 0.29) is 4.90 Å². The Morgan fingerprint density at radius 2 is 1.58 bits per heavy atom. The van der Waals surface area contributed by atoms with Gasteiger partial charge in [-0.1, -0.05) is 42.5 Å². The highest BCUT2D eigenvalue weighted by Crippen LogP contribution is 2.49. The van der Waals surface area contributed by atoms with Gasteiger partial charge in [0.1, 0.15) is 11.6 Å². The minimum atomic E-state index is -3.93. The lowest BCUT2D eigenvalue weighted by Gasteiger charge is -2.44. The Morgan fingerprint density at radius 3 is 2.27 bits per heavy atom. The molecule has 1 aliphatic heterocycles. The first-order valence-corrected chi connectivity index (χ1v) is 12.7. The molecule has 1 aliphatic rings. The minimum Gasteiger partial charge on any atom is -0.317 e. The van der Waals surface area contributed by atoms with Gasteiger partial charge < -0.3 is 9.88 Å². The van der Waals surface area contributed by atoms with Crippen molar-refractivity contribution in [3.8, 4) is 0 Å². The zero-order chi connectivity index (χ0) is 23.1. The van der Waals surface area contributed by atoms with Crippen molar-refractivity contribution in [3.63, 3.8) is 0 Å². The SMILES string of the molecule is Cc1nc2ccccc2n1C(C1(c2ccccc2)CCNCC1)S(=O)(=O)c1ccc(F)cc1. The van der Waals surface area contributed by atoms with Crippen LogP contribution < -0.4 is 5.32 Å². The van der Waals surface area contributed by atoms with Gasteiger partial charge in [-0.15, -0.1) is 0 Å². The number of imidazole rings is 1. The van der Waals surface area contributed by atoms with Crippen molar-refractivity contribution in [3.05, 3.63) is 96.1 Å². The first kappa shape index (κ1) is 21.8. The van der Waals surface area contributed by atoms with Gasteiger partial charge in [0.15, 0.2) is 5.37 Å². The standard InChI is InChI=1S/C26H26FN3O2S/c1-19-29-23-9-5-6-10-24(23)30(19)25(33(31,32)22-13-11-21(27)12-14-22)26(15-17-28-18-16-26)20-7-3-2-4-8-20/h2-14,25,28H,15-18H2,1H3. The van der Waals surface area contributed by atoms with Gasteiger partial charge in [-0.05, 0) is 74.8 Å². The molecule has 3 aromatic carbocycles. The van der Waals surface area contributed by atoms with Crippen LogP contribution in [-0.4, -0.2) is 31.1 Å². The largest absolute Gasteiger partial charge is 0.317 e. The number of sulfone groups is 1. The highest BCUT2D eigenvalue weighted by atomic mass is 32.2. The third kappa shape index (κ3) is 3.65. The predicted octanol–water partition coefficient (Wildman–Crippen LogP) is 4.78. The highest BCUT2D eigenvalue weighted by molar-refractivity contribution is 7.91. The molecule has 33 heavy (non-hydrogen) atoms. The molecule has 0 saturated carbocycles. The Labute approximate surface area is 193 Å². The van der Waals surface area contributed by atoms with E-state index in [1.165, 1.54) is 24.3 Å². The minimum absolute atomic E-state index is 0.111. The maximum Gasteiger partial charge on any atom is 0.200 e. The van der Waals surface area contributed by atoms with Crippen LogP contribution in [0.5, 0.6) is 0 Å². The fraction of sp³-hybridized carbons (Fsp3) is 0.269. The summed E-state index contributed by atoms with van der Waals surface area (Å²) in [5, 5.41) is 2.45. The Balaban J connectivity index is 1.84. The molecule has 1 saturated heterocycles. The lowest BCUT2D eigenvalue weighted by molar-refractivity contribution is 0.253. The summed E-state index contributed by atoms with van der Waals surface area (Å²) in [5.74, 6) is 0.176. The number of nitrogens with zero attached hydrogens (tertiary/aromatic N) is 2. The zero-order valence-corrected chi connectivity index (χ0v) is 19.2. The monoisotopic (exact) mass is 463 g/mol. The number of nitrogens with one attached hydrogen (secondary N) is 1. The first-order chi connectivity index (χ1) is 15.9. The lowest BCUT2D eigenvalue weighted by Crippen LogP contribution is -2.48. The number of para-hydroxylation sites is 2. The summed E-state index contributed by atoms with van der Waals surface area (Å²) in [6, 6.07) is 22.7. The zero-order valence-electron chi connectivity index (χ0n) is 18.4. The van der Waals surface area contributed by atoms with Gasteiger partial charge in [0.25, 0.3) is 0 Å². The van der Waals surface area contributed by atoms with E-state index in [2.05, 4.69) is 5.32 Å². The van der Waals surface area contributed by atoms with Gasteiger partial charge in [-0.3, -0.25) is 0 Å². The van der Waals surface area contributed by atoms with E-state index < -0.39 is 26.4 Å². The second-order valence-electron chi connectivity index (χ2n) is 8.64. The molecule has 0 aliphatic carbocycles. The average molecular weight is 464 g/mol. The molecule has 170 valence electrons. The smallest absolute Gasteiger partial charge is 0.200 e. The maximum absolute atomic E-state index is 14.4. The van der Waals surface area contributed by atoms with Crippen molar-refractivity contribution in [2.45, 2.75) is 35.4 Å². The van der Waals surface area contributed by atoms with Crippen molar-refractivity contribution >= 4 is 20.9 Å². The van der Waals surface area contributed by atoms with E-state index in [9.17, 15) is 12.8 Å². The second-order valence-corrected chi connectivity index (χ2v) is 10.6. The number of halogens is 1. The molecule has 7 heteroatoms. The number of hydrogen-bond donors (Lipinski definition) is 1. The van der Waals surface area contributed by atoms with E-state index >= 15 is 0 Å². The Bertz CT molecular complexity index is 1380. The van der Waals surface area contributed by atoms with Gasteiger partial charge in [0.2, 0.25) is 9.84 Å². The molecular formula is C26H26FN3O2S. The van der Waals surface area contributed by atoms with Gasteiger partial charge in [-0.2, -0.15) is 0 Å². The fourth-order valence-corrected chi connectivity index (χ4v) is 7.50. The number of aromatic nitrogens is 2. The quantitative estimate of drug-likeness (QED) is 0.433. The number of rotatable bonds is 5. The van der Waals surface area contributed by atoms with E-state index in [0.717, 1.165) is 16.6 Å². The molecule has 1 atom stereocenters. The van der Waals surface area contributed by atoms with Crippen molar-refractivity contribution in [1.29, 1.82) is 0 Å². The number of hydrogen-bond acceptors (Lipinski definition) is 4. The van der Waals surface area contributed by atoms with Crippen LogP contribution in [0.2, 0.25) is 0 Å². The van der Waals surface area contributed by atoms with Gasteiger partial charge in [0, 0.05) is 5.41 Å². The Morgan fingerprint density at radius 1 is 0.939 bits per heavy atom. The van der Waals surface area contributed by atoms with Crippen molar-refractivity contribution < 1.29 is 12.8 Å². The molecule has 1 aromatic heterocycles. The summed E-state index contributed by atoms with van der Waals surface area (Å²) in [6.45, 7) is 3.26. The molecule has 4 aromatic rings. The van der Waals surface area contributed by atoms with E-state index in [0.29, 0.717) is 31.8 Å². The predicted molar refractivity (Wildman–Crippen MR) is 127 cm³/mol. The van der Waals surface area contributed by atoms with Crippen LogP contribution in [0.4, 0.5) is 4.39 Å². The molecule has 5 rings (SSSR count). The van der Waals surface area contributed by atoms with Crippen LogP contribution in [0.25, 0.3) is 11.0 Å². The number of piperidine rings is 1. The lowest BCUT2D eigenvalue weighted by atomic mass is 9.72. The molecule has 0 spiro atoms. The number of benzene rings is 3. The van der Waals surface area contributed by atoms with Crippen molar-refractivity contribution in [2.75, 3.05) is 13.1 Å². The summed E-state index contributed by atoms with van der Waals surface area (Å²) >= 11 is 0. The second kappa shape index (κ2) is 8.39. The Kier molecular flexibility index (Phi) is 5.54. The summed E-state index contributed by atoms with van der Waals surface area (Å²) in [6.07, 6.45) is 1.29. The van der Waals surface area contributed by atoms with Gasteiger partial charge in [0.05, 0.1) is 15.9 Å². The highest BCUT2D eigenvalue weighted by Gasteiger charge is 2.50. The fourth-order valence-electron chi connectivity index (χ4n) is 5.22. The van der Waals surface area contributed by atoms with E-state index in [1.54, 1.807) is 0 Å². The van der Waals surface area contributed by atoms with E-state index in [4.69, 9.17) is 4.98 Å². The van der Waals surface area contributed by atoms with Crippen LogP contribution in [0.1, 0.15) is 29.6 Å². The normalized spacial score (nSPS) is 17.2. The molecule has 5 nitrogen and oxygen atoms in total. The van der Waals surface area contributed by atoms with Crippen LogP contribution in [0, 0.1) is 12.7 Å². The number of aryl methyl sites for hydroxylation is 1. The molecular weight excluding hydrogens is 437 g/mol. The summed E-state index contributed by atoms with van der Waals surface area (Å²) in [4.78, 5) is 4.81. The van der Waals surface area contributed by atoms with E-state index in [1.807, 2.05) is 66.1 Å². The molecule has 0 amide bonds. The third-order valence-corrected chi connectivity index (χ3v) is 8.94. The molecule has 0 bridgehead atoms. The topological polar surface area (TPSA) is 64.0 Å². The summed E-state index contributed by atoms with van der Waals surface area (Å²) in [5.41, 5.74) is 1.83. The average Bonchev–Trinajstić information content (AvgIpc) is 3.16. The number of fused-ring (bicyclic) bond motifs is 1. The van der Waals surface area contributed by atoms with Crippen molar-refractivity contribution in [1.82, 2.24) is 14.9 Å².